The van der Waals surface area contributed by atoms with Crippen LogP contribution in [-0.4, -0.2) is 30.4 Å². The Morgan fingerprint density at radius 1 is 1.25 bits per heavy atom. The minimum atomic E-state index is -0.380. The Labute approximate surface area is 148 Å². The third-order valence-electron chi connectivity index (χ3n) is 4.35. The first-order valence-electron chi connectivity index (χ1n) is 8.05. The Kier molecular flexibility index (Phi) is 6.35. The molecule has 1 amide bonds. The molecule has 3 nitrogen and oxygen atoms in total. The minimum absolute atomic E-state index is 0. The topological polar surface area (TPSA) is 32.3 Å². The molecule has 1 aliphatic heterocycles. The predicted octanol–water partition coefficient (Wildman–Crippen LogP) is 3.60. The molecule has 1 unspecified atom stereocenters. The number of hydrogen-bond acceptors (Lipinski definition) is 2. The number of rotatable bonds is 3. The summed E-state index contributed by atoms with van der Waals surface area (Å²) in [5.41, 5.74) is 2.79. The van der Waals surface area contributed by atoms with E-state index in [1.165, 1.54) is 17.7 Å². The van der Waals surface area contributed by atoms with E-state index < -0.39 is 0 Å². The van der Waals surface area contributed by atoms with Gasteiger partial charge in [-0.1, -0.05) is 37.3 Å². The van der Waals surface area contributed by atoms with Gasteiger partial charge < -0.3 is 10.2 Å². The van der Waals surface area contributed by atoms with Crippen LogP contribution >= 0.6 is 12.4 Å². The number of nitrogens with one attached hydrogen (secondary N) is 1. The summed E-state index contributed by atoms with van der Waals surface area (Å²) in [7, 11) is 0. The zero-order valence-electron chi connectivity index (χ0n) is 13.7. The van der Waals surface area contributed by atoms with Crippen molar-refractivity contribution in [1.82, 2.24) is 10.2 Å². The Morgan fingerprint density at radius 2 is 2.00 bits per heavy atom. The molecular weight excluding hydrogens is 327 g/mol. The van der Waals surface area contributed by atoms with Crippen LogP contribution in [0, 0.1) is 5.82 Å². The summed E-state index contributed by atoms with van der Waals surface area (Å²) in [6, 6.07) is 14.3. The lowest BCUT2D eigenvalue weighted by molar-refractivity contribution is 0.0634. The fourth-order valence-corrected chi connectivity index (χ4v) is 3.01. The minimum Gasteiger partial charge on any atom is -0.329 e. The van der Waals surface area contributed by atoms with Gasteiger partial charge in [-0.15, -0.1) is 12.4 Å². The number of carbonyl (C=O) groups is 1. The summed E-state index contributed by atoms with van der Waals surface area (Å²) in [4.78, 5) is 14.6. The highest BCUT2D eigenvalue weighted by atomic mass is 35.5. The highest BCUT2D eigenvalue weighted by Crippen LogP contribution is 2.25. The molecule has 128 valence electrons. The van der Waals surface area contributed by atoms with E-state index in [-0.39, 0.29) is 30.2 Å². The quantitative estimate of drug-likeness (QED) is 0.919. The zero-order valence-corrected chi connectivity index (χ0v) is 14.5. The Morgan fingerprint density at radius 3 is 2.67 bits per heavy atom. The van der Waals surface area contributed by atoms with E-state index in [0.29, 0.717) is 18.7 Å². The average molecular weight is 349 g/mol. The van der Waals surface area contributed by atoms with E-state index in [1.54, 1.807) is 12.1 Å². The molecule has 3 rings (SSSR count). The SMILES string of the molecule is CCc1ccc(C2CNCCN2C(=O)c2cccc(F)c2)cc1.Cl. The third kappa shape index (κ3) is 3.94. The summed E-state index contributed by atoms with van der Waals surface area (Å²) in [5.74, 6) is -0.495. The Bertz CT molecular complexity index is 690. The van der Waals surface area contributed by atoms with Gasteiger partial charge in [-0.05, 0) is 35.7 Å². The zero-order chi connectivity index (χ0) is 16.2. The fraction of sp³-hybridized carbons (Fsp3) is 0.316. The molecule has 1 N–H and O–H groups in total. The van der Waals surface area contributed by atoms with E-state index in [1.807, 2.05) is 4.90 Å². The normalized spacial score (nSPS) is 17.2. The van der Waals surface area contributed by atoms with Gasteiger partial charge >= 0.3 is 0 Å². The monoisotopic (exact) mass is 348 g/mol. The maximum absolute atomic E-state index is 13.4. The van der Waals surface area contributed by atoms with Gasteiger partial charge in [0.05, 0.1) is 6.04 Å². The van der Waals surface area contributed by atoms with Gasteiger partial charge in [0.15, 0.2) is 0 Å². The largest absolute Gasteiger partial charge is 0.329 e. The molecule has 0 spiro atoms. The van der Waals surface area contributed by atoms with E-state index in [2.05, 4.69) is 36.5 Å². The van der Waals surface area contributed by atoms with Gasteiger partial charge in [0, 0.05) is 25.2 Å². The summed E-state index contributed by atoms with van der Waals surface area (Å²) < 4.78 is 13.4. The molecule has 24 heavy (non-hydrogen) atoms. The maximum atomic E-state index is 13.4. The van der Waals surface area contributed by atoms with Crippen molar-refractivity contribution in [1.29, 1.82) is 0 Å². The number of amides is 1. The molecule has 1 aliphatic rings. The van der Waals surface area contributed by atoms with E-state index in [9.17, 15) is 9.18 Å². The number of piperazine rings is 1. The van der Waals surface area contributed by atoms with Crippen molar-refractivity contribution in [2.24, 2.45) is 0 Å². The van der Waals surface area contributed by atoms with Crippen LogP contribution in [0.4, 0.5) is 4.39 Å². The molecule has 0 saturated carbocycles. The molecule has 1 heterocycles. The number of nitrogens with zero attached hydrogens (tertiary/aromatic N) is 1. The highest BCUT2D eigenvalue weighted by Gasteiger charge is 2.28. The second kappa shape index (κ2) is 8.27. The average Bonchev–Trinajstić information content (AvgIpc) is 2.61. The molecular formula is C19H22ClFN2O. The summed E-state index contributed by atoms with van der Waals surface area (Å²) >= 11 is 0. The lowest BCUT2D eigenvalue weighted by Crippen LogP contribution is -2.48. The molecule has 2 aromatic carbocycles. The lowest BCUT2D eigenvalue weighted by Gasteiger charge is -2.36. The molecule has 2 aromatic rings. The number of hydrogen-bond donors (Lipinski definition) is 1. The van der Waals surface area contributed by atoms with Crippen molar-refractivity contribution in [3.8, 4) is 0 Å². The van der Waals surface area contributed by atoms with E-state index in [4.69, 9.17) is 0 Å². The van der Waals surface area contributed by atoms with Crippen LogP contribution in [0.5, 0.6) is 0 Å². The third-order valence-corrected chi connectivity index (χ3v) is 4.35. The van der Waals surface area contributed by atoms with Crippen LogP contribution in [0.2, 0.25) is 0 Å². The van der Waals surface area contributed by atoms with E-state index >= 15 is 0 Å². The van der Waals surface area contributed by atoms with Crippen LogP contribution in [0.15, 0.2) is 48.5 Å². The van der Waals surface area contributed by atoms with Gasteiger partial charge in [-0.25, -0.2) is 4.39 Å². The van der Waals surface area contributed by atoms with Crippen molar-refractivity contribution in [2.75, 3.05) is 19.6 Å². The first-order chi connectivity index (χ1) is 11.2. The smallest absolute Gasteiger partial charge is 0.254 e. The molecule has 1 saturated heterocycles. The molecule has 1 atom stereocenters. The second-order valence-corrected chi connectivity index (χ2v) is 5.82. The van der Waals surface area contributed by atoms with Crippen LogP contribution in [0.3, 0.4) is 0 Å². The summed E-state index contributed by atoms with van der Waals surface area (Å²) in [6.07, 6.45) is 0.995. The summed E-state index contributed by atoms with van der Waals surface area (Å²) in [6.45, 7) is 4.21. The van der Waals surface area contributed by atoms with Crippen LogP contribution < -0.4 is 5.32 Å². The van der Waals surface area contributed by atoms with Gasteiger partial charge in [0.1, 0.15) is 5.82 Å². The number of benzene rings is 2. The van der Waals surface area contributed by atoms with Gasteiger partial charge in [0.2, 0.25) is 0 Å². The lowest BCUT2D eigenvalue weighted by atomic mass is 10.00. The second-order valence-electron chi connectivity index (χ2n) is 5.82. The first-order valence-corrected chi connectivity index (χ1v) is 8.05. The van der Waals surface area contributed by atoms with Crippen molar-refractivity contribution in [2.45, 2.75) is 19.4 Å². The molecule has 1 fully saturated rings. The van der Waals surface area contributed by atoms with Crippen molar-refractivity contribution in [3.63, 3.8) is 0 Å². The van der Waals surface area contributed by atoms with E-state index in [0.717, 1.165) is 18.5 Å². The van der Waals surface area contributed by atoms with Gasteiger partial charge in [0.25, 0.3) is 5.91 Å². The molecule has 0 bridgehead atoms. The molecule has 0 aliphatic carbocycles. The first kappa shape index (κ1) is 18.4. The Hall–Kier alpha value is -1.91. The van der Waals surface area contributed by atoms with Crippen LogP contribution in [0.25, 0.3) is 0 Å². The summed E-state index contributed by atoms with van der Waals surface area (Å²) in [5, 5.41) is 3.34. The number of aryl methyl sites for hydroxylation is 1. The number of halogens is 2. The van der Waals surface area contributed by atoms with Crippen molar-refractivity contribution < 1.29 is 9.18 Å². The standard InChI is InChI=1S/C19H21FN2O.ClH/c1-2-14-6-8-15(9-7-14)18-13-21-10-11-22(18)19(23)16-4-3-5-17(20)12-16;/h3-9,12,18,21H,2,10-11,13H2,1H3;1H. The van der Waals surface area contributed by atoms with Crippen molar-refractivity contribution in [3.05, 3.63) is 71.0 Å². The Balaban J connectivity index is 0.00000208. The van der Waals surface area contributed by atoms with Crippen LogP contribution in [-0.2, 0) is 6.42 Å². The molecule has 0 radical (unpaired) electrons. The highest BCUT2D eigenvalue weighted by molar-refractivity contribution is 5.94. The van der Waals surface area contributed by atoms with Crippen molar-refractivity contribution >= 4 is 18.3 Å². The maximum Gasteiger partial charge on any atom is 0.254 e. The predicted molar refractivity (Wildman–Crippen MR) is 96.1 cm³/mol. The van der Waals surface area contributed by atoms with Gasteiger partial charge in [-0.3, -0.25) is 4.79 Å². The molecule has 5 heteroatoms. The molecule has 0 aromatic heterocycles. The van der Waals surface area contributed by atoms with Gasteiger partial charge in [-0.2, -0.15) is 0 Å². The fourth-order valence-electron chi connectivity index (χ4n) is 3.01. The number of carbonyl (C=O) groups excluding carboxylic acids is 1. The van der Waals surface area contributed by atoms with Crippen LogP contribution in [0.1, 0.15) is 34.5 Å².